The number of rotatable bonds is 1. The van der Waals surface area contributed by atoms with Gasteiger partial charge in [0.05, 0.1) is 5.69 Å². The minimum Gasteiger partial charge on any atom is -0.385 e. The molecule has 0 saturated carbocycles. The normalized spacial score (nSPS) is 12.2. The van der Waals surface area contributed by atoms with E-state index in [0.717, 1.165) is 23.6 Å². The van der Waals surface area contributed by atoms with Gasteiger partial charge in [-0.3, -0.25) is 4.40 Å². The topological polar surface area (TPSA) is 43.3 Å². The van der Waals surface area contributed by atoms with E-state index in [1.54, 1.807) is 0 Å². The van der Waals surface area contributed by atoms with Crippen molar-refractivity contribution in [1.82, 2.24) is 9.38 Å². The SMILES string of the molecule is CC(C)(C)Cc1cn2c(N)cccc2n1. The van der Waals surface area contributed by atoms with Gasteiger partial charge in [-0.05, 0) is 24.0 Å². The number of pyridine rings is 1. The van der Waals surface area contributed by atoms with E-state index >= 15 is 0 Å². The molecule has 15 heavy (non-hydrogen) atoms. The van der Waals surface area contributed by atoms with Crippen molar-refractivity contribution in [2.75, 3.05) is 5.73 Å². The largest absolute Gasteiger partial charge is 0.385 e. The Labute approximate surface area is 89.9 Å². The minimum atomic E-state index is 0.257. The molecule has 0 saturated heterocycles. The number of anilines is 1. The molecule has 0 aliphatic heterocycles. The highest BCUT2D eigenvalue weighted by Gasteiger charge is 2.14. The van der Waals surface area contributed by atoms with Gasteiger partial charge in [0.25, 0.3) is 0 Å². The van der Waals surface area contributed by atoms with Crippen LogP contribution in [0.4, 0.5) is 5.82 Å². The summed E-state index contributed by atoms with van der Waals surface area (Å²) in [4.78, 5) is 4.54. The summed E-state index contributed by atoms with van der Waals surface area (Å²) >= 11 is 0. The van der Waals surface area contributed by atoms with Gasteiger partial charge in [0, 0.05) is 6.20 Å². The van der Waals surface area contributed by atoms with Crippen molar-refractivity contribution in [1.29, 1.82) is 0 Å². The van der Waals surface area contributed by atoms with E-state index in [0.29, 0.717) is 0 Å². The Morgan fingerprint density at radius 1 is 1.33 bits per heavy atom. The lowest BCUT2D eigenvalue weighted by molar-refractivity contribution is 0.407. The average Bonchev–Trinajstić information content (AvgIpc) is 2.45. The molecule has 0 spiro atoms. The molecule has 0 aromatic carbocycles. The first kappa shape index (κ1) is 10.0. The van der Waals surface area contributed by atoms with Gasteiger partial charge in [0.15, 0.2) is 0 Å². The minimum absolute atomic E-state index is 0.257. The van der Waals surface area contributed by atoms with Crippen LogP contribution in [0.5, 0.6) is 0 Å². The Hall–Kier alpha value is -1.51. The van der Waals surface area contributed by atoms with E-state index in [2.05, 4.69) is 25.8 Å². The molecule has 2 N–H and O–H groups in total. The Morgan fingerprint density at radius 3 is 2.67 bits per heavy atom. The molecule has 2 aromatic rings. The van der Waals surface area contributed by atoms with Crippen LogP contribution in [0.25, 0.3) is 5.65 Å². The first-order valence-corrected chi connectivity index (χ1v) is 5.18. The third-order valence-corrected chi connectivity index (χ3v) is 2.28. The average molecular weight is 203 g/mol. The Morgan fingerprint density at radius 2 is 2.07 bits per heavy atom. The van der Waals surface area contributed by atoms with Crippen molar-refractivity contribution < 1.29 is 0 Å². The van der Waals surface area contributed by atoms with Crippen molar-refractivity contribution >= 4 is 11.5 Å². The van der Waals surface area contributed by atoms with Gasteiger partial charge >= 0.3 is 0 Å². The number of fused-ring (bicyclic) bond motifs is 1. The highest BCUT2D eigenvalue weighted by Crippen LogP contribution is 2.21. The molecule has 80 valence electrons. The fourth-order valence-electron chi connectivity index (χ4n) is 1.71. The Balaban J connectivity index is 2.44. The maximum atomic E-state index is 5.86. The smallest absolute Gasteiger partial charge is 0.138 e. The lowest BCUT2D eigenvalue weighted by Crippen LogP contribution is -2.09. The summed E-state index contributed by atoms with van der Waals surface area (Å²) in [5, 5.41) is 0. The number of hydrogen-bond donors (Lipinski definition) is 1. The Kier molecular flexibility index (Phi) is 2.18. The number of nitrogen functional groups attached to an aromatic ring is 1. The summed E-state index contributed by atoms with van der Waals surface area (Å²) in [6, 6.07) is 5.79. The molecule has 3 nitrogen and oxygen atoms in total. The number of hydrogen-bond acceptors (Lipinski definition) is 2. The van der Waals surface area contributed by atoms with Crippen molar-refractivity contribution in [3.05, 3.63) is 30.1 Å². The molecule has 0 radical (unpaired) electrons. The lowest BCUT2D eigenvalue weighted by atomic mass is 9.91. The number of nitrogens with two attached hydrogens (primary N) is 1. The first-order valence-electron chi connectivity index (χ1n) is 5.18. The van der Waals surface area contributed by atoms with Crippen LogP contribution in [0, 0.1) is 5.41 Å². The standard InChI is InChI=1S/C12H17N3/c1-12(2,3)7-9-8-15-10(13)5-4-6-11(15)14-9/h4-6,8H,7,13H2,1-3H3. The van der Waals surface area contributed by atoms with Gasteiger partial charge in [0.2, 0.25) is 0 Å². The van der Waals surface area contributed by atoms with Gasteiger partial charge in [0.1, 0.15) is 11.5 Å². The highest BCUT2D eigenvalue weighted by molar-refractivity contribution is 5.48. The first-order chi connectivity index (χ1) is 6.96. The van der Waals surface area contributed by atoms with Gasteiger partial charge in [-0.15, -0.1) is 0 Å². The number of nitrogens with zero attached hydrogens (tertiary/aromatic N) is 2. The summed E-state index contributed by atoms with van der Waals surface area (Å²) in [6.07, 6.45) is 2.99. The molecule has 0 fully saturated rings. The van der Waals surface area contributed by atoms with Gasteiger partial charge in [-0.1, -0.05) is 26.8 Å². The zero-order chi connectivity index (χ0) is 11.1. The third-order valence-electron chi connectivity index (χ3n) is 2.28. The van der Waals surface area contributed by atoms with Crippen molar-refractivity contribution in [3.63, 3.8) is 0 Å². The van der Waals surface area contributed by atoms with Crippen LogP contribution in [0.1, 0.15) is 26.5 Å². The van der Waals surface area contributed by atoms with Gasteiger partial charge in [-0.2, -0.15) is 0 Å². The quantitative estimate of drug-likeness (QED) is 0.773. The van der Waals surface area contributed by atoms with E-state index in [9.17, 15) is 0 Å². The molecule has 0 bridgehead atoms. The van der Waals surface area contributed by atoms with E-state index in [1.807, 2.05) is 28.8 Å². The molecule has 0 atom stereocenters. The molecule has 2 rings (SSSR count). The van der Waals surface area contributed by atoms with Crippen molar-refractivity contribution in [3.8, 4) is 0 Å². The van der Waals surface area contributed by atoms with Crippen LogP contribution < -0.4 is 5.73 Å². The molecule has 0 aliphatic rings. The summed E-state index contributed by atoms with van der Waals surface area (Å²) in [7, 11) is 0. The third kappa shape index (κ3) is 2.12. The lowest BCUT2D eigenvalue weighted by Gasteiger charge is -2.15. The van der Waals surface area contributed by atoms with Gasteiger partial charge < -0.3 is 5.73 Å². The summed E-state index contributed by atoms with van der Waals surface area (Å²) < 4.78 is 1.93. The number of imidazole rings is 1. The molecular weight excluding hydrogens is 186 g/mol. The fourth-order valence-corrected chi connectivity index (χ4v) is 1.71. The number of aromatic nitrogens is 2. The molecular formula is C12H17N3. The van der Waals surface area contributed by atoms with E-state index < -0.39 is 0 Å². The molecule has 2 heterocycles. The second-order valence-electron chi connectivity index (χ2n) is 5.15. The van der Waals surface area contributed by atoms with Crippen molar-refractivity contribution in [2.45, 2.75) is 27.2 Å². The summed E-state index contributed by atoms with van der Waals surface area (Å²) in [6.45, 7) is 6.63. The van der Waals surface area contributed by atoms with E-state index in [4.69, 9.17) is 5.73 Å². The van der Waals surface area contributed by atoms with E-state index in [-0.39, 0.29) is 5.41 Å². The highest BCUT2D eigenvalue weighted by atomic mass is 15.0. The molecule has 3 heteroatoms. The zero-order valence-electron chi connectivity index (χ0n) is 9.49. The predicted octanol–water partition coefficient (Wildman–Crippen LogP) is 2.51. The Bertz CT molecular complexity index is 477. The molecule has 0 amide bonds. The second kappa shape index (κ2) is 3.26. The van der Waals surface area contributed by atoms with Crippen LogP contribution >= 0.6 is 0 Å². The van der Waals surface area contributed by atoms with Crippen molar-refractivity contribution in [2.24, 2.45) is 5.41 Å². The molecule has 2 aromatic heterocycles. The predicted molar refractivity (Wildman–Crippen MR) is 62.8 cm³/mol. The van der Waals surface area contributed by atoms with Gasteiger partial charge in [-0.25, -0.2) is 4.98 Å². The summed E-state index contributed by atoms with van der Waals surface area (Å²) in [5.74, 6) is 0.736. The summed E-state index contributed by atoms with van der Waals surface area (Å²) in [5.41, 5.74) is 8.14. The zero-order valence-corrected chi connectivity index (χ0v) is 9.49. The van der Waals surface area contributed by atoms with E-state index in [1.165, 1.54) is 0 Å². The van der Waals surface area contributed by atoms with Crippen LogP contribution in [-0.2, 0) is 6.42 Å². The monoisotopic (exact) mass is 203 g/mol. The van der Waals surface area contributed by atoms with Crippen LogP contribution in [0.2, 0.25) is 0 Å². The molecule has 0 unspecified atom stereocenters. The van der Waals surface area contributed by atoms with Crippen LogP contribution in [0.3, 0.4) is 0 Å². The fraction of sp³-hybridized carbons (Fsp3) is 0.417. The molecule has 0 aliphatic carbocycles. The van der Waals surface area contributed by atoms with Crippen LogP contribution in [0.15, 0.2) is 24.4 Å². The maximum absolute atomic E-state index is 5.86. The maximum Gasteiger partial charge on any atom is 0.138 e. The van der Waals surface area contributed by atoms with Crippen LogP contribution in [-0.4, -0.2) is 9.38 Å². The second-order valence-corrected chi connectivity index (χ2v) is 5.15.